The maximum absolute atomic E-state index is 12.5. The predicted octanol–water partition coefficient (Wildman–Crippen LogP) is 5.27. The molecular formula is C18H14Br2O3. The van der Waals surface area contributed by atoms with Gasteiger partial charge in [-0.05, 0) is 51.8 Å². The normalized spacial score (nSPS) is 13.8. The van der Waals surface area contributed by atoms with Gasteiger partial charge in [0.05, 0.1) is 13.2 Å². The van der Waals surface area contributed by atoms with Crippen LogP contribution in [0.4, 0.5) is 0 Å². The highest BCUT2D eigenvalue weighted by Gasteiger charge is 2.16. The molecule has 3 rings (SSSR count). The third kappa shape index (κ3) is 4.03. The van der Waals surface area contributed by atoms with E-state index < -0.39 is 0 Å². The standard InChI is InChI=1S/C18H14Br2O3/c19-13-4-1-3-12(9-13)5-6-16(21)14-10-17-18(11-15(14)20)23-8-2-7-22-17/h1,3-6,9-11H,2,7-8H2/b6-5+. The molecule has 0 aliphatic carbocycles. The molecule has 0 N–H and O–H groups in total. The van der Waals surface area contributed by atoms with Gasteiger partial charge in [0, 0.05) is 20.9 Å². The number of carbonyl (C=O) groups is 1. The monoisotopic (exact) mass is 436 g/mol. The zero-order valence-corrected chi connectivity index (χ0v) is 15.4. The Kier molecular flexibility index (Phi) is 5.18. The minimum Gasteiger partial charge on any atom is -0.490 e. The van der Waals surface area contributed by atoms with Crippen molar-refractivity contribution in [1.29, 1.82) is 0 Å². The van der Waals surface area contributed by atoms with Crippen LogP contribution in [-0.2, 0) is 0 Å². The van der Waals surface area contributed by atoms with Crippen LogP contribution in [0.15, 0.2) is 51.4 Å². The molecule has 0 spiro atoms. The number of hydrogen-bond acceptors (Lipinski definition) is 3. The summed E-state index contributed by atoms with van der Waals surface area (Å²) in [6, 6.07) is 11.3. The zero-order chi connectivity index (χ0) is 16.2. The Morgan fingerprint density at radius 1 is 1.04 bits per heavy atom. The average molecular weight is 438 g/mol. The first-order valence-corrected chi connectivity index (χ1v) is 8.79. The van der Waals surface area contributed by atoms with E-state index in [1.54, 1.807) is 24.3 Å². The molecule has 0 saturated heterocycles. The average Bonchev–Trinajstić information content (AvgIpc) is 2.76. The van der Waals surface area contributed by atoms with Gasteiger partial charge in [0.15, 0.2) is 17.3 Å². The Bertz CT molecular complexity index is 769. The number of benzene rings is 2. The first-order valence-electron chi connectivity index (χ1n) is 7.20. The third-order valence-corrected chi connectivity index (χ3v) is 4.53. The van der Waals surface area contributed by atoms with E-state index in [1.165, 1.54) is 0 Å². The highest BCUT2D eigenvalue weighted by atomic mass is 79.9. The molecule has 118 valence electrons. The molecule has 1 heterocycles. The van der Waals surface area contributed by atoms with Gasteiger partial charge in [-0.1, -0.05) is 34.1 Å². The Morgan fingerprint density at radius 2 is 1.78 bits per heavy atom. The van der Waals surface area contributed by atoms with Crippen molar-refractivity contribution in [2.24, 2.45) is 0 Å². The van der Waals surface area contributed by atoms with Crippen molar-refractivity contribution in [3.8, 4) is 11.5 Å². The molecule has 5 heteroatoms. The van der Waals surface area contributed by atoms with E-state index in [-0.39, 0.29) is 5.78 Å². The number of carbonyl (C=O) groups excluding carboxylic acids is 1. The smallest absolute Gasteiger partial charge is 0.187 e. The number of rotatable bonds is 3. The fraction of sp³-hybridized carbons (Fsp3) is 0.167. The van der Waals surface area contributed by atoms with Crippen molar-refractivity contribution in [2.45, 2.75) is 6.42 Å². The number of halogens is 2. The van der Waals surface area contributed by atoms with Crippen LogP contribution < -0.4 is 9.47 Å². The number of ether oxygens (including phenoxy) is 2. The van der Waals surface area contributed by atoms with Gasteiger partial charge in [-0.3, -0.25) is 4.79 Å². The molecule has 0 atom stereocenters. The molecule has 0 unspecified atom stereocenters. The fourth-order valence-corrected chi connectivity index (χ4v) is 3.18. The van der Waals surface area contributed by atoms with Gasteiger partial charge in [0.2, 0.25) is 0 Å². The number of ketones is 1. The first kappa shape index (κ1) is 16.3. The molecule has 0 saturated carbocycles. The van der Waals surface area contributed by atoms with Gasteiger partial charge < -0.3 is 9.47 Å². The van der Waals surface area contributed by atoms with E-state index in [1.807, 2.05) is 24.3 Å². The Balaban J connectivity index is 1.86. The summed E-state index contributed by atoms with van der Waals surface area (Å²) in [5.41, 5.74) is 1.51. The van der Waals surface area contributed by atoms with Crippen molar-refractivity contribution in [3.05, 3.63) is 62.5 Å². The second-order valence-electron chi connectivity index (χ2n) is 5.08. The summed E-state index contributed by atoms with van der Waals surface area (Å²) >= 11 is 6.86. The highest BCUT2D eigenvalue weighted by Crippen LogP contribution is 2.35. The van der Waals surface area contributed by atoms with Gasteiger partial charge in [-0.2, -0.15) is 0 Å². The van der Waals surface area contributed by atoms with Crippen LogP contribution >= 0.6 is 31.9 Å². The molecular weight excluding hydrogens is 424 g/mol. The summed E-state index contributed by atoms with van der Waals surface area (Å²) in [6.45, 7) is 1.21. The van der Waals surface area contributed by atoms with Crippen LogP contribution in [0.2, 0.25) is 0 Å². The predicted molar refractivity (Wildman–Crippen MR) is 97.3 cm³/mol. The Labute approximate surface area is 151 Å². The van der Waals surface area contributed by atoms with Crippen molar-refractivity contribution in [3.63, 3.8) is 0 Å². The van der Waals surface area contributed by atoms with Gasteiger partial charge in [0.1, 0.15) is 0 Å². The van der Waals surface area contributed by atoms with Crippen molar-refractivity contribution < 1.29 is 14.3 Å². The molecule has 23 heavy (non-hydrogen) atoms. The maximum Gasteiger partial charge on any atom is 0.187 e. The van der Waals surface area contributed by atoms with E-state index in [4.69, 9.17) is 9.47 Å². The fourth-order valence-electron chi connectivity index (χ4n) is 2.24. The van der Waals surface area contributed by atoms with E-state index >= 15 is 0 Å². The molecule has 0 bridgehead atoms. The molecule has 3 nitrogen and oxygen atoms in total. The quantitative estimate of drug-likeness (QED) is 0.484. The van der Waals surface area contributed by atoms with Gasteiger partial charge in [-0.15, -0.1) is 0 Å². The number of fused-ring (bicyclic) bond motifs is 1. The lowest BCUT2D eigenvalue weighted by Crippen LogP contribution is -1.99. The summed E-state index contributed by atoms with van der Waals surface area (Å²) in [5, 5.41) is 0. The van der Waals surface area contributed by atoms with Crippen LogP contribution in [0.3, 0.4) is 0 Å². The number of allylic oxidation sites excluding steroid dienone is 1. The molecule has 0 amide bonds. The van der Waals surface area contributed by atoms with E-state index in [2.05, 4.69) is 31.9 Å². The summed E-state index contributed by atoms with van der Waals surface area (Å²) in [4.78, 5) is 12.5. The first-order chi connectivity index (χ1) is 11.1. The Morgan fingerprint density at radius 3 is 2.52 bits per heavy atom. The lowest BCUT2D eigenvalue weighted by molar-refractivity contribution is 0.104. The second-order valence-corrected chi connectivity index (χ2v) is 6.85. The highest BCUT2D eigenvalue weighted by molar-refractivity contribution is 9.10. The van der Waals surface area contributed by atoms with Crippen LogP contribution in [0.25, 0.3) is 6.08 Å². The topological polar surface area (TPSA) is 35.5 Å². The largest absolute Gasteiger partial charge is 0.490 e. The molecule has 0 radical (unpaired) electrons. The number of hydrogen-bond donors (Lipinski definition) is 0. The van der Waals surface area contributed by atoms with Crippen molar-refractivity contribution >= 4 is 43.7 Å². The second kappa shape index (κ2) is 7.32. The minimum atomic E-state index is -0.0903. The molecule has 1 aliphatic heterocycles. The zero-order valence-electron chi connectivity index (χ0n) is 12.2. The molecule has 2 aromatic carbocycles. The third-order valence-electron chi connectivity index (χ3n) is 3.38. The van der Waals surface area contributed by atoms with Gasteiger partial charge in [0.25, 0.3) is 0 Å². The lowest BCUT2D eigenvalue weighted by atomic mass is 10.1. The van der Waals surface area contributed by atoms with Crippen molar-refractivity contribution in [1.82, 2.24) is 0 Å². The van der Waals surface area contributed by atoms with Crippen LogP contribution in [0.1, 0.15) is 22.3 Å². The summed E-state index contributed by atoms with van der Waals surface area (Å²) in [7, 11) is 0. The van der Waals surface area contributed by atoms with Gasteiger partial charge >= 0.3 is 0 Å². The molecule has 1 aliphatic rings. The molecule has 0 fully saturated rings. The van der Waals surface area contributed by atoms with Crippen LogP contribution in [0, 0.1) is 0 Å². The van der Waals surface area contributed by atoms with E-state index in [0.29, 0.717) is 34.7 Å². The van der Waals surface area contributed by atoms with E-state index in [9.17, 15) is 4.79 Å². The summed E-state index contributed by atoms with van der Waals surface area (Å²) in [6.07, 6.45) is 4.19. The minimum absolute atomic E-state index is 0.0903. The van der Waals surface area contributed by atoms with E-state index in [0.717, 1.165) is 16.5 Å². The molecule has 2 aromatic rings. The Hall–Kier alpha value is -1.59. The lowest BCUT2D eigenvalue weighted by Gasteiger charge is -2.10. The van der Waals surface area contributed by atoms with Crippen LogP contribution in [0.5, 0.6) is 11.5 Å². The summed E-state index contributed by atoms with van der Waals surface area (Å²) in [5.74, 6) is 1.19. The summed E-state index contributed by atoms with van der Waals surface area (Å²) < 4.78 is 12.9. The van der Waals surface area contributed by atoms with Crippen molar-refractivity contribution in [2.75, 3.05) is 13.2 Å². The maximum atomic E-state index is 12.5. The van der Waals surface area contributed by atoms with Gasteiger partial charge in [-0.25, -0.2) is 0 Å². The van der Waals surface area contributed by atoms with Crippen LogP contribution in [-0.4, -0.2) is 19.0 Å². The SMILES string of the molecule is O=C(/C=C/c1cccc(Br)c1)c1cc2c(cc1Br)OCCCO2. The molecule has 0 aromatic heterocycles.